The van der Waals surface area contributed by atoms with Gasteiger partial charge in [0.15, 0.2) is 11.1 Å². The van der Waals surface area contributed by atoms with Gasteiger partial charge in [-0.25, -0.2) is 8.78 Å². The van der Waals surface area contributed by atoms with Crippen LogP contribution in [0.2, 0.25) is 0 Å². The molecule has 0 aliphatic rings. The molecule has 0 aromatic rings. The molecular weight excluding hydrogens is 340 g/mol. The molecule has 21 heavy (non-hydrogen) atoms. The van der Waals surface area contributed by atoms with Crippen molar-refractivity contribution in [2.75, 3.05) is 0 Å². The molecule has 0 aromatic carbocycles. The fourth-order valence-corrected chi connectivity index (χ4v) is 0.884. The Labute approximate surface area is 107 Å². The minimum absolute atomic E-state index is 2.70. The molecule has 13 heteroatoms. The van der Waals surface area contributed by atoms with Crippen LogP contribution in [-0.2, 0) is 4.74 Å². The largest absolute Gasteiger partial charge is 0.423 e. The number of alkyl halides is 8. The summed E-state index contributed by atoms with van der Waals surface area (Å²) < 4.78 is 147. The average molecular weight is 342 g/mol. The maximum absolute atomic E-state index is 12.7. The molecule has 0 saturated carbocycles. The first-order valence-corrected chi connectivity index (χ1v) is 4.38. The van der Waals surface area contributed by atoms with Crippen LogP contribution in [0.3, 0.4) is 0 Å². The fourth-order valence-electron chi connectivity index (χ4n) is 0.884. The summed E-state index contributed by atoms with van der Waals surface area (Å²) in [7, 11) is 0. The highest BCUT2D eigenvalue weighted by molar-refractivity contribution is 5.16. The monoisotopic (exact) mass is 342 g/mol. The Hall–Kier alpha value is -1.40. The number of hydrogen-bond donors (Lipinski definition) is 0. The molecule has 2 unspecified atom stereocenters. The van der Waals surface area contributed by atoms with Crippen LogP contribution in [0.15, 0.2) is 23.3 Å². The van der Waals surface area contributed by atoms with Crippen molar-refractivity contribution in [1.29, 1.82) is 0 Å². The molecule has 0 radical (unpaired) electrons. The molecular formula is C8H2F12O. The molecule has 0 fully saturated rings. The first-order chi connectivity index (χ1) is 9.19. The minimum Gasteiger partial charge on any atom is -0.305 e. The van der Waals surface area contributed by atoms with Gasteiger partial charge >= 0.3 is 12.4 Å². The van der Waals surface area contributed by atoms with Crippen molar-refractivity contribution in [2.45, 2.75) is 25.1 Å². The SMILES string of the molecule is FC(F)=C(C(F)OC(F)C(=C(F)F)C(F)(F)F)C(F)(F)F. The third kappa shape index (κ3) is 5.47. The number of halogens is 12. The van der Waals surface area contributed by atoms with E-state index in [1.807, 2.05) is 0 Å². The summed E-state index contributed by atoms with van der Waals surface area (Å²) >= 11 is 0. The molecule has 2 atom stereocenters. The van der Waals surface area contributed by atoms with Crippen LogP contribution in [0.4, 0.5) is 52.7 Å². The zero-order valence-corrected chi connectivity index (χ0v) is 9.10. The summed E-state index contributed by atoms with van der Waals surface area (Å²) in [5.41, 5.74) is -6.88. The summed E-state index contributed by atoms with van der Waals surface area (Å²) in [5, 5.41) is 0. The lowest BCUT2D eigenvalue weighted by Crippen LogP contribution is -2.31. The Morgan fingerprint density at radius 1 is 0.619 bits per heavy atom. The molecule has 0 aliphatic carbocycles. The summed E-state index contributed by atoms with van der Waals surface area (Å²) in [6.45, 7) is 0. The maximum atomic E-state index is 12.7. The van der Waals surface area contributed by atoms with E-state index < -0.39 is 48.4 Å². The third-order valence-corrected chi connectivity index (χ3v) is 1.71. The number of rotatable bonds is 4. The van der Waals surface area contributed by atoms with E-state index in [9.17, 15) is 52.7 Å². The molecule has 0 bridgehead atoms. The molecule has 0 rings (SSSR count). The van der Waals surface area contributed by atoms with Gasteiger partial charge in [-0.3, -0.25) is 0 Å². The van der Waals surface area contributed by atoms with Crippen molar-refractivity contribution in [3.63, 3.8) is 0 Å². The summed E-state index contributed by atoms with van der Waals surface area (Å²) in [4.78, 5) is 0. The van der Waals surface area contributed by atoms with Gasteiger partial charge in [0.2, 0.25) is 12.7 Å². The van der Waals surface area contributed by atoms with Gasteiger partial charge in [-0.2, -0.15) is 43.9 Å². The molecule has 0 aliphatic heterocycles. The fraction of sp³-hybridized carbons (Fsp3) is 0.500. The van der Waals surface area contributed by atoms with Gasteiger partial charge in [-0.15, -0.1) is 0 Å². The molecule has 124 valence electrons. The van der Waals surface area contributed by atoms with E-state index in [0.717, 1.165) is 0 Å². The van der Waals surface area contributed by atoms with Crippen molar-refractivity contribution in [3.8, 4) is 0 Å². The standard InChI is InChI=1S/C8H2F12O/c9-3(10)1(7(15,16)17)5(13)21-6(14)2(4(11)12)8(18,19)20/h5-6H. The normalized spacial score (nSPS) is 15.4. The Kier molecular flexibility index (Phi) is 6.14. The lowest BCUT2D eigenvalue weighted by atomic mass is 10.2. The average Bonchev–Trinajstić information content (AvgIpc) is 2.08. The second kappa shape index (κ2) is 6.58. The quantitative estimate of drug-likeness (QED) is 0.652. The van der Waals surface area contributed by atoms with Crippen LogP contribution in [0.1, 0.15) is 0 Å². The van der Waals surface area contributed by atoms with E-state index in [1.165, 1.54) is 0 Å². The van der Waals surface area contributed by atoms with E-state index in [2.05, 4.69) is 4.74 Å². The highest BCUT2D eigenvalue weighted by Crippen LogP contribution is 2.38. The van der Waals surface area contributed by atoms with Gasteiger partial charge in [-0.05, 0) is 0 Å². The third-order valence-electron chi connectivity index (χ3n) is 1.71. The first-order valence-electron chi connectivity index (χ1n) is 4.38. The molecule has 0 amide bonds. The predicted molar refractivity (Wildman–Crippen MR) is 41.5 cm³/mol. The molecule has 0 N–H and O–H groups in total. The van der Waals surface area contributed by atoms with Crippen LogP contribution in [0, 0.1) is 0 Å². The zero-order valence-electron chi connectivity index (χ0n) is 9.10. The van der Waals surface area contributed by atoms with Gasteiger partial charge in [0.25, 0.3) is 12.2 Å². The van der Waals surface area contributed by atoms with E-state index in [1.54, 1.807) is 0 Å². The van der Waals surface area contributed by atoms with Crippen molar-refractivity contribution in [3.05, 3.63) is 23.3 Å². The summed E-state index contributed by atoms with van der Waals surface area (Å²) in [6.07, 6.45) is -28.6. The van der Waals surface area contributed by atoms with Crippen LogP contribution in [0.25, 0.3) is 0 Å². The van der Waals surface area contributed by atoms with Crippen molar-refractivity contribution in [2.24, 2.45) is 0 Å². The van der Waals surface area contributed by atoms with Gasteiger partial charge in [-0.1, -0.05) is 0 Å². The Morgan fingerprint density at radius 3 is 1.00 bits per heavy atom. The molecule has 0 aromatic heterocycles. The Bertz CT molecular complexity index is 382. The molecule has 0 saturated heterocycles. The molecule has 0 heterocycles. The zero-order chi connectivity index (χ0) is 17.2. The molecule has 0 spiro atoms. The van der Waals surface area contributed by atoms with Gasteiger partial charge in [0.1, 0.15) is 0 Å². The summed E-state index contributed by atoms with van der Waals surface area (Å²) in [6, 6.07) is 0. The lowest BCUT2D eigenvalue weighted by Gasteiger charge is -2.19. The number of hydrogen-bond acceptors (Lipinski definition) is 1. The van der Waals surface area contributed by atoms with Crippen molar-refractivity contribution >= 4 is 0 Å². The van der Waals surface area contributed by atoms with Gasteiger partial charge in [0.05, 0.1) is 0 Å². The van der Waals surface area contributed by atoms with E-state index in [0.29, 0.717) is 0 Å². The second-order valence-electron chi connectivity index (χ2n) is 3.11. The van der Waals surface area contributed by atoms with Crippen LogP contribution < -0.4 is 0 Å². The molecule has 1 nitrogen and oxygen atoms in total. The smallest absolute Gasteiger partial charge is 0.305 e. The van der Waals surface area contributed by atoms with Crippen LogP contribution >= 0.6 is 0 Å². The van der Waals surface area contributed by atoms with E-state index in [-0.39, 0.29) is 0 Å². The highest BCUT2D eigenvalue weighted by atomic mass is 19.4. The second-order valence-corrected chi connectivity index (χ2v) is 3.11. The predicted octanol–water partition coefficient (Wildman–Crippen LogP) is 5.02. The van der Waals surface area contributed by atoms with Crippen LogP contribution in [-0.4, -0.2) is 25.1 Å². The van der Waals surface area contributed by atoms with Crippen LogP contribution in [0.5, 0.6) is 0 Å². The minimum atomic E-state index is -6.12. The van der Waals surface area contributed by atoms with Gasteiger partial charge in [0, 0.05) is 0 Å². The van der Waals surface area contributed by atoms with E-state index >= 15 is 0 Å². The first kappa shape index (κ1) is 19.6. The summed E-state index contributed by atoms with van der Waals surface area (Å²) in [5.74, 6) is 0. The maximum Gasteiger partial charge on any atom is 0.423 e. The lowest BCUT2D eigenvalue weighted by molar-refractivity contribution is -0.180. The topological polar surface area (TPSA) is 9.23 Å². The Morgan fingerprint density at radius 2 is 0.857 bits per heavy atom. The van der Waals surface area contributed by atoms with E-state index in [4.69, 9.17) is 0 Å². The number of ether oxygens (including phenoxy) is 1. The highest BCUT2D eigenvalue weighted by Gasteiger charge is 2.49. The van der Waals surface area contributed by atoms with Gasteiger partial charge < -0.3 is 4.74 Å². The van der Waals surface area contributed by atoms with Crippen molar-refractivity contribution < 1.29 is 57.4 Å². The van der Waals surface area contributed by atoms with Crippen molar-refractivity contribution in [1.82, 2.24) is 0 Å². The Balaban J connectivity index is 5.40.